The number of halogens is 3. The van der Waals surface area contributed by atoms with Gasteiger partial charge in [0.2, 0.25) is 5.95 Å². The number of aromatic nitrogens is 4. The van der Waals surface area contributed by atoms with Gasteiger partial charge in [-0.25, -0.2) is 9.67 Å². The van der Waals surface area contributed by atoms with E-state index in [1.807, 2.05) is 0 Å². The van der Waals surface area contributed by atoms with E-state index < -0.39 is 12.1 Å². The van der Waals surface area contributed by atoms with E-state index in [1.165, 1.54) is 15.8 Å². The van der Waals surface area contributed by atoms with Crippen LogP contribution in [0.1, 0.15) is 65.3 Å². The van der Waals surface area contributed by atoms with Gasteiger partial charge in [0.1, 0.15) is 0 Å². The van der Waals surface area contributed by atoms with Crippen LogP contribution in [0.25, 0.3) is 5.95 Å². The molecule has 2 aliphatic carbocycles. The Morgan fingerprint density at radius 3 is 2.53 bits per heavy atom. The summed E-state index contributed by atoms with van der Waals surface area (Å²) in [5.74, 6) is -1.21. The molecule has 1 amide bonds. The number of fused-ring (bicyclic) bond motifs is 1. The highest BCUT2D eigenvalue weighted by Crippen LogP contribution is 2.43. The van der Waals surface area contributed by atoms with Gasteiger partial charge < -0.3 is 4.90 Å². The maximum absolute atomic E-state index is 13.1. The molecule has 0 atom stereocenters. The second-order valence-corrected chi connectivity index (χ2v) is 8.41. The van der Waals surface area contributed by atoms with Gasteiger partial charge in [-0.15, -0.1) is 0 Å². The quantitative estimate of drug-likeness (QED) is 0.826. The lowest BCUT2D eigenvalue weighted by Crippen LogP contribution is -2.42. The van der Waals surface area contributed by atoms with Crippen LogP contribution in [-0.2, 0) is 12.8 Å². The molecule has 5 rings (SSSR count). The number of aromatic amines is 1. The molecule has 1 saturated carbocycles. The highest BCUT2D eigenvalue weighted by Gasteiger charge is 2.42. The second kappa shape index (κ2) is 6.95. The minimum atomic E-state index is -4.22. The van der Waals surface area contributed by atoms with Crippen molar-refractivity contribution in [3.05, 3.63) is 39.1 Å². The third-order valence-corrected chi connectivity index (χ3v) is 6.38. The number of piperidine rings is 1. The Bertz CT molecular complexity index is 1050. The molecule has 2 aromatic heterocycles. The molecular formula is C20H22F3N5O2. The third-order valence-electron chi connectivity index (χ3n) is 6.38. The van der Waals surface area contributed by atoms with E-state index in [0.29, 0.717) is 29.2 Å². The first-order valence-corrected chi connectivity index (χ1v) is 10.4. The number of carbonyl (C=O) groups excluding carboxylic acids is 1. The first kappa shape index (κ1) is 19.3. The van der Waals surface area contributed by atoms with Crippen molar-refractivity contribution in [3.63, 3.8) is 0 Å². The van der Waals surface area contributed by atoms with Gasteiger partial charge in [-0.1, -0.05) is 0 Å². The number of rotatable bonds is 3. The zero-order valence-electron chi connectivity index (χ0n) is 16.3. The minimum Gasteiger partial charge on any atom is -0.339 e. The summed E-state index contributed by atoms with van der Waals surface area (Å²) >= 11 is 0. The van der Waals surface area contributed by atoms with Crippen molar-refractivity contribution in [2.45, 2.75) is 57.0 Å². The fourth-order valence-electron chi connectivity index (χ4n) is 4.55. The first-order valence-electron chi connectivity index (χ1n) is 10.4. The summed E-state index contributed by atoms with van der Waals surface area (Å²) in [6.45, 7) is 0.151. The lowest BCUT2D eigenvalue weighted by Gasteiger charge is -2.32. The number of H-pyrrole nitrogens is 1. The Hall–Kier alpha value is -2.65. The summed E-state index contributed by atoms with van der Waals surface area (Å²) in [7, 11) is 0. The Balaban J connectivity index is 1.44. The molecule has 7 nitrogen and oxygen atoms in total. The predicted octanol–water partition coefficient (Wildman–Crippen LogP) is 2.74. The molecule has 3 aliphatic rings. The van der Waals surface area contributed by atoms with Gasteiger partial charge in [0.15, 0.2) is 0 Å². The van der Waals surface area contributed by atoms with Crippen LogP contribution in [0.5, 0.6) is 0 Å². The summed E-state index contributed by atoms with van der Waals surface area (Å²) in [4.78, 5) is 34.3. The lowest BCUT2D eigenvalue weighted by molar-refractivity contribution is -0.183. The van der Waals surface area contributed by atoms with E-state index in [-0.39, 0.29) is 43.3 Å². The van der Waals surface area contributed by atoms with Crippen LogP contribution >= 0.6 is 0 Å². The molecule has 0 aromatic carbocycles. The fourth-order valence-corrected chi connectivity index (χ4v) is 4.55. The summed E-state index contributed by atoms with van der Waals surface area (Å²) in [5, 5.41) is 4.34. The Morgan fingerprint density at radius 2 is 1.87 bits per heavy atom. The monoisotopic (exact) mass is 421 g/mol. The van der Waals surface area contributed by atoms with Crippen LogP contribution in [0.15, 0.2) is 11.0 Å². The zero-order valence-corrected chi connectivity index (χ0v) is 16.3. The van der Waals surface area contributed by atoms with Gasteiger partial charge in [-0.05, 0) is 44.9 Å². The number of nitrogens with one attached hydrogen (secondary N) is 1. The number of hydrogen-bond acceptors (Lipinski definition) is 4. The Morgan fingerprint density at radius 1 is 1.13 bits per heavy atom. The summed E-state index contributed by atoms with van der Waals surface area (Å²) in [6.07, 6.45) is 1.22. The van der Waals surface area contributed by atoms with E-state index in [0.717, 1.165) is 31.4 Å². The molecular weight excluding hydrogens is 399 g/mol. The van der Waals surface area contributed by atoms with E-state index in [1.54, 1.807) is 0 Å². The molecule has 160 valence electrons. The summed E-state index contributed by atoms with van der Waals surface area (Å²) < 4.78 is 40.3. The molecule has 1 saturated heterocycles. The van der Waals surface area contributed by atoms with Crippen LogP contribution < -0.4 is 5.56 Å². The lowest BCUT2D eigenvalue weighted by atomic mass is 9.95. The normalized spacial score (nSPS) is 19.9. The average Bonchev–Trinajstić information content (AvgIpc) is 3.26. The van der Waals surface area contributed by atoms with Crippen molar-refractivity contribution in [2.75, 3.05) is 13.1 Å². The average molecular weight is 421 g/mol. The van der Waals surface area contributed by atoms with E-state index in [2.05, 4.69) is 15.1 Å². The second-order valence-electron chi connectivity index (χ2n) is 8.41. The smallest absolute Gasteiger partial charge is 0.339 e. The van der Waals surface area contributed by atoms with Gasteiger partial charge in [-0.3, -0.25) is 14.6 Å². The summed E-state index contributed by atoms with van der Waals surface area (Å²) in [6, 6.07) is 0. The number of likely N-dealkylation sites (tertiary alicyclic amines) is 1. The molecule has 3 heterocycles. The SMILES string of the molecule is O=C(c1cnn(-c2nc3c(c(=O)[nH]2)CCC3)c1C1CC1)N1CCC(C(F)(F)F)CC1. The molecule has 1 N–H and O–H groups in total. The van der Waals surface area contributed by atoms with Gasteiger partial charge in [0, 0.05) is 24.6 Å². The van der Waals surface area contributed by atoms with Crippen molar-refractivity contribution in [1.82, 2.24) is 24.6 Å². The largest absolute Gasteiger partial charge is 0.391 e. The maximum atomic E-state index is 13.1. The number of nitrogens with zero attached hydrogens (tertiary/aromatic N) is 4. The van der Waals surface area contributed by atoms with E-state index >= 15 is 0 Å². The molecule has 0 bridgehead atoms. The van der Waals surface area contributed by atoms with Crippen molar-refractivity contribution >= 4 is 5.91 Å². The van der Waals surface area contributed by atoms with Crippen molar-refractivity contribution in [3.8, 4) is 5.95 Å². The van der Waals surface area contributed by atoms with Crippen LogP contribution in [0.4, 0.5) is 13.2 Å². The fraction of sp³-hybridized carbons (Fsp3) is 0.600. The number of carbonyl (C=O) groups is 1. The molecule has 0 radical (unpaired) electrons. The van der Waals surface area contributed by atoms with Crippen molar-refractivity contribution in [1.29, 1.82) is 0 Å². The number of hydrogen-bond donors (Lipinski definition) is 1. The van der Waals surface area contributed by atoms with Gasteiger partial charge >= 0.3 is 6.18 Å². The minimum absolute atomic E-state index is 0.0756. The molecule has 2 aromatic rings. The number of amides is 1. The number of aryl methyl sites for hydroxylation is 1. The molecule has 0 unspecified atom stereocenters. The highest BCUT2D eigenvalue weighted by molar-refractivity contribution is 5.95. The highest BCUT2D eigenvalue weighted by atomic mass is 19.4. The molecule has 1 aliphatic heterocycles. The Labute approximate surface area is 170 Å². The van der Waals surface area contributed by atoms with Gasteiger partial charge in [0.25, 0.3) is 11.5 Å². The van der Waals surface area contributed by atoms with Gasteiger partial charge in [-0.2, -0.15) is 18.3 Å². The standard InChI is InChI=1S/C20H22F3N5O2/c21-20(22,23)12-6-8-27(9-7-12)18(30)14-10-24-28(16(14)11-4-5-11)19-25-15-3-1-2-13(15)17(29)26-19/h10-12H,1-9H2,(H,25,26,29). The predicted molar refractivity (Wildman–Crippen MR) is 101 cm³/mol. The first-order chi connectivity index (χ1) is 14.3. The summed E-state index contributed by atoms with van der Waals surface area (Å²) in [5.41, 5.74) is 2.40. The van der Waals surface area contributed by atoms with E-state index in [9.17, 15) is 22.8 Å². The number of alkyl halides is 3. The zero-order chi connectivity index (χ0) is 21.0. The van der Waals surface area contributed by atoms with Gasteiger partial charge in [0.05, 0.1) is 29.1 Å². The Kier molecular flexibility index (Phi) is 4.48. The third kappa shape index (κ3) is 3.31. The molecule has 0 spiro atoms. The van der Waals surface area contributed by atoms with Crippen LogP contribution in [0.3, 0.4) is 0 Å². The maximum Gasteiger partial charge on any atom is 0.391 e. The van der Waals surface area contributed by atoms with Crippen LogP contribution in [-0.4, -0.2) is 49.8 Å². The van der Waals surface area contributed by atoms with Crippen molar-refractivity contribution in [2.24, 2.45) is 5.92 Å². The molecule has 10 heteroatoms. The van der Waals surface area contributed by atoms with Crippen LogP contribution in [0, 0.1) is 5.92 Å². The molecule has 2 fully saturated rings. The van der Waals surface area contributed by atoms with E-state index in [4.69, 9.17) is 0 Å². The van der Waals surface area contributed by atoms with Crippen LogP contribution in [0.2, 0.25) is 0 Å². The topological polar surface area (TPSA) is 83.9 Å². The molecule has 30 heavy (non-hydrogen) atoms. The van der Waals surface area contributed by atoms with Crippen molar-refractivity contribution < 1.29 is 18.0 Å².